The lowest BCUT2D eigenvalue weighted by Crippen LogP contribution is -2.70. The molecular formula is C42H66O16. The topological polar surface area (TPSA) is 266 Å². The second-order valence-corrected chi connectivity index (χ2v) is 20.9. The number of esters is 1. The van der Waals surface area contributed by atoms with Crippen molar-refractivity contribution in [3.8, 4) is 0 Å². The monoisotopic (exact) mass is 826 g/mol. The summed E-state index contributed by atoms with van der Waals surface area (Å²) in [6.45, 7) is 11.0. The van der Waals surface area contributed by atoms with E-state index in [0.29, 0.717) is 25.7 Å². The lowest BCUT2D eigenvalue weighted by Gasteiger charge is -2.72. The highest BCUT2D eigenvalue weighted by Gasteiger charge is 2.75. The Labute approximate surface area is 339 Å². The van der Waals surface area contributed by atoms with Gasteiger partial charge in [-0.3, -0.25) is 4.79 Å². The normalized spacial score (nSPS) is 57.3. The number of rotatable bonds is 7. The summed E-state index contributed by atoms with van der Waals surface area (Å²) in [6.07, 6.45) is -13.7. The summed E-state index contributed by atoms with van der Waals surface area (Å²) in [5.41, 5.74) is -2.48. The minimum Gasteiger partial charge on any atom is -0.461 e. The first kappa shape index (κ1) is 43.3. The molecule has 22 unspecified atom stereocenters. The molecule has 0 aromatic carbocycles. The average molecular weight is 827 g/mol. The standard InChI is InChI=1S/C42H66O16/c1-37(2)11-19-18-7-8-24-38(3)12-20(46)33(58-35-32(30(51)28(49)22(16-44)55-35)57-34-31(52)29(50)27(48)21(15-43)54-34)39(4,17-45)23(38)9-10-40(24,5)41(18,6)13-25(47)42(19)14-26(37)56-36(42)53/h7,19-35,43-52H,8-17H2,1-6H3. The van der Waals surface area contributed by atoms with Crippen LogP contribution in [0, 0.1) is 50.2 Å². The zero-order chi connectivity index (χ0) is 42.3. The molecule has 0 amide bonds. The van der Waals surface area contributed by atoms with Crippen LogP contribution in [0.4, 0.5) is 0 Å². The van der Waals surface area contributed by atoms with Crippen molar-refractivity contribution in [3.05, 3.63) is 11.6 Å². The van der Waals surface area contributed by atoms with Crippen molar-refractivity contribution in [3.63, 3.8) is 0 Å². The van der Waals surface area contributed by atoms with Crippen LogP contribution in [0.1, 0.15) is 86.5 Å². The van der Waals surface area contributed by atoms with Crippen LogP contribution in [0.3, 0.4) is 0 Å². The van der Waals surface area contributed by atoms with Gasteiger partial charge in [-0.15, -0.1) is 0 Å². The highest BCUT2D eigenvalue weighted by Crippen LogP contribution is 2.76. The summed E-state index contributed by atoms with van der Waals surface area (Å²) in [6, 6.07) is 0. The molecule has 4 saturated carbocycles. The molecule has 22 atom stereocenters. The summed E-state index contributed by atoms with van der Waals surface area (Å²) in [5, 5.41) is 109. The van der Waals surface area contributed by atoms with Gasteiger partial charge < -0.3 is 74.7 Å². The minimum atomic E-state index is -1.85. The minimum absolute atomic E-state index is 0.000887. The van der Waals surface area contributed by atoms with E-state index in [4.69, 9.17) is 23.7 Å². The molecule has 58 heavy (non-hydrogen) atoms. The van der Waals surface area contributed by atoms with Crippen LogP contribution in [-0.4, -0.2) is 163 Å². The molecule has 8 aliphatic rings. The lowest BCUT2D eigenvalue weighted by molar-refractivity contribution is -0.384. The first-order chi connectivity index (χ1) is 27.1. The molecule has 8 rings (SSSR count). The maximum atomic E-state index is 13.7. The second kappa shape index (κ2) is 14.3. The summed E-state index contributed by atoms with van der Waals surface area (Å²) >= 11 is 0. The first-order valence-electron chi connectivity index (χ1n) is 21.2. The molecule has 3 saturated heterocycles. The lowest BCUT2D eigenvalue weighted by atomic mass is 9.33. The fourth-order valence-corrected chi connectivity index (χ4v) is 14.3. The molecular weight excluding hydrogens is 760 g/mol. The number of aliphatic hydroxyl groups excluding tert-OH is 10. The van der Waals surface area contributed by atoms with Gasteiger partial charge in [0.2, 0.25) is 0 Å². The van der Waals surface area contributed by atoms with E-state index in [2.05, 4.69) is 40.7 Å². The number of aliphatic hydroxyl groups is 10. The van der Waals surface area contributed by atoms with Crippen molar-refractivity contribution in [1.82, 2.24) is 0 Å². The van der Waals surface area contributed by atoms with Crippen LogP contribution in [0.15, 0.2) is 11.6 Å². The Hall–Kier alpha value is -1.35. The van der Waals surface area contributed by atoms with E-state index in [-0.39, 0.29) is 47.1 Å². The molecule has 330 valence electrons. The van der Waals surface area contributed by atoms with Crippen molar-refractivity contribution in [2.45, 2.75) is 172 Å². The number of carbonyl (C=O) groups excluding carboxylic acids is 1. The number of fused-ring (bicyclic) bond motifs is 7. The molecule has 0 radical (unpaired) electrons. The van der Waals surface area contributed by atoms with Gasteiger partial charge in [-0.2, -0.15) is 0 Å². The van der Waals surface area contributed by atoms with E-state index in [1.54, 1.807) is 0 Å². The molecule has 16 nitrogen and oxygen atoms in total. The van der Waals surface area contributed by atoms with E-state index in [1.165, 1.54) is 5.57 Å². The predicted octanol–water partition coefficient (Wildman–Crippen LogP) is -0.753. The van der Waals surface area contributed by atoms with E-state index >= 15 is 0 Å². The van der Waals surface area contributed by atoms with Crippen molar-refractivity contribution < 1.29 is 79.5 Å². The smallest absolute Gasteiger partial charge is 0.315 e. The summed E-state index contributed by atoms with van der Waals surface area (Å²) in [7, 11) is 0. The van der Waals surface area contributed by atoms with E-state index in [0.717, 1.165) is 12.8 Å². The van der Waals surface area contributed by atoms with Crippen molar-refractivity contribution in [2.75, 3.05) is 19.8 Å². The van der Waals surface area contributed by atoms with E-state index < -0.39 is 121 Å². The zero-order valence-electron chi connectivity index (χ0n) is 34.4. The molecule has 0 aromatic heterocycles. The van der Waals surface area contributed by atoms with E-state index in [9.17, 15) is 55.9 Å². The largest absolute Gasteiger partial charge is 0.461 e. The number of hydrogen-bond acceptors (Lipinski definition) is 16. The molecule has 3 aliphatic heterocycles. The number of ether oxygens (including phenoxy) is 5. The van der Waals surface area contributed by atoms with Crippen LogP contribution < -0.4 is 0 Å². The highest BCUT2D eigenvalue weighted by molar-refractivity contribution is 5.82. The maximum Gasteiger partial charge on any atom is 0.315 e. The Bertz CT molecular complexity index is 1620. The molecule has 7 fully saturated rings. The van der Waals surface area contributed by atoms with Gasteiger partial charge in [0, 0.05) is 17.3 Å². The van der Waals surface area contributed by atoms with Crippen LogP contribution in [0.25, 0.3) is 0 Å². The number of carbonyl (C=O) groups is 1. The third-order valence-electron chi connectivity index (χ3n) is 17.8. The molecule has 3 heterocycles. The zero-order valence-corrected chi connectivity index (χ0v) is 34.4. The Balaban J connectivity index is 1.10. The third-order valence-corrected chi connectivity index (χ3v) is 17.8. The Morgan fingerprint density at radius 1 is 0.741 bits per heavy atom. The number of allylic oxidation sites excluding steroid dienone is 2. The van der Waals surface area contributed by atoms with Crippen LogP contribution in [0.5, 0.6) is 0 Å². The summed E-state index contributed by atoms with van der Waals surface area (Å²) in [4.78, 5) is 13.7. The quantitative estimate of drug-likeness (QED) is 0.0860. The van der Waals surface area contributed by atoms with Gasteiger partial charge in [0.25, 0.3) is 0 Å². The maximum absolute atomic E-state index is 13.7. The Morgan fingerprint density at radius 2 is 1.38 bits per heavy atom. The Morgan fingerprint density at radius 3 is 2.02 bits per heavy atom. The molecule has 16 heteroatoms. The predicted molar refractivity (Wildman–Crippen MR) is 200 cm³/mol. The van der Waals surface area contributed by atoms with Gasteiger partial charge in [0.05, 0.1) is 38.1 Å². The SMILES string of the molecule is CC1(C)CC2C3=CCC4C5(C)CC(O)C(OC6OC(CO)C(O)C(O)C6OC6OC(CO)C(O)C(O)C6O)C(C)(CO)C5CCC4(C)C3(C)CC(O)C23CC1OC3=O. The Kier molecular flexibility index (Phi) is 10.7. The first-order valence-corrected chi connectivity index (χ1v) is 21.2. The van der Waals surface area contributed by atoms with Crippen LogP contribution in [-0.2, 0) is 28.5 Å². The number of hydrogen-bond donors (Lipinski definition) is 10. The van der Waals surface area contributed by atoms with Crippen molar-refractivity contribution in [1.29, 1.82) is 0 Å². The van der Waals surface area contributed by atoms with Gasteiger partial charge in [-0.05, 0) is 72.5 Å². The van der Waals surface area contributed by atoms with Gasteiger partial charge in [0.1, 0.15) is 60.4 Å². The third kappa shape index (κ3) is 5.73. The molecule has 0 aromatic rings. The second-order valence-electron chi connectivity index (χ2n) is 20.9. The average Bonchev–Trinajstić information content (AvgIpc) is 3.49. The molecule has 1 spiro atoms. The van der Waals surface area contributed by atoms with Gasteiger partial charge in [-0.25, -0.2) is 0 Å². The molecule has 10 N–H and O–H groups in total. The van der Waals surface area contributed by atoms with Crippen LogP contribution >= 0.6 is 0 Å². The highest BCUT2D eigenvalue weighted by atomic mass is 16.8. The van der Waals surface area contributed by atoms with Crippen molar-refractivity contribution >= 4 is 5.97 Å². The van der Waals surface area contributed by atoms with Crippen molar-refractivity contribution in [2.24, 2.45) is 50.2 Å². The summed E-state index contributed by atoms with van der Waals surface area (Å²) in [5.74, 6) is -0.666. The van der Waals surface area contributed by atoms with Gasteiger partial charge in [-0.1, -0.05) is 53.2 Å². The van der Waals surface area contributed by atoms with E-state index in [1.807, 2.05) is 6.92 Å². The fourth-order valence-electron chi connectivity index (χ4n) is 14.3. The fraction of sp³-hybridized carbons (Fsp3) is 0.929. The summed E-state index contributed by atoms with van der Waals surface area (Å²) < 4.78 is 29.9. The van der Waals surface area contributed by atoms with Gasteiger partial charge >= 0.3 is 5.97 Å². The molecule has 5 aliphatic carbocycles. The van der Waals surface area contributed by atoms with Crippen LogP contribution in [0.2, 0.25) is 0 Å². The molecule has 2 bridgehead atoms. The van der Waals surface area contributed by atoms with Gasteiger partial charge in [0.15, 0.2) is 12.6 Å².